The van der Waals surface area contributed by atoms with Crippen LogP contribution in [0.15, 0.2) is 24.3 Å². The normalized spacial score (nSPS) is 10.3. The zero-order valence-electron chi connectivity index (χ0n) is 12.2. The molecular formula is C17H24S2. The summed E-state index contributed by atoms with van der Waals surface area (Å²) in [6.45, 7) is 6.66. The standard InChI is InChI=1S/C17H24S2/c1-4-7-8-9-12-15-13-10-11-14-16(15)17(18-5-2)19-6-3/h10-11,13-14,17H,4-8H2,1-3H3. The van der Waals surface area contributed by atoms with Gasteiger partial charge in [0.25, 0.3) is 0 Å². The highest BCUT2D eigenvalue weighted by Crippen LogP contribution is 2.40. The molecule has 0 atom stereocenters. The van der Waals surface area contributed by atoms with Crippen LogP contribution in [0.25, 0.3) is 0 Å². The fourth-order valence-electron chi connectivity index (χ4n) is 1.77. The minimum absolute atomic E-state index is 0.520. The summed E-state index contributed by atoms with van der Waals surface area (Å²) < 4.78 is 0.520. The van der Waals surface area contributed by atoms with E-state index in [-0.39, 0.29) is 0 Å². The van der Waals surface area contributed by atoms with Gasteiger partial charge >= 0.3 is 0 Å². The maximum Gasteiger partial charge on any atom is 0.0763 e. The second-order valence-corrected chi connectivity index (χ2v) is 7.30. The molecule has 0 unspecified atom stereocenters. The highest BCUT2D eigenvalue weighted by molar-refractivity contribution is 8.16. The van der Waals surface area contributed by atoms with Crippen molar-refractivity contribution in [3.8, 4) is 11.8 Å². The Morgan fingerprint density at radius 1 is 1.05 bits per heavy atom. The summed E-state index contributed by atoms with van der Waals surface area (Å²) in [5.74, 6) is 8.98. The van der Waals surface area contributed by atoms with E-state index < -0.39 is 0 Å². The van der Waals surface area contributed by atoms with Crippen molar-refractivity contribution in [1.82, 2.24) is 0 Å². The van der Waals surface area contributed by atoms with Crippen LogP contribution in [0.1, 0.15) is 55.7 Å². The maximum absolute atomic E-state index is 3.37. The summed E-state index contributed by atoms with van der Waals surface area (Å²) >= 11 is 4.01. The Morgan fingerprint density at radius 2 is 1.74 bits per heavy atom. The molecule has 0 N–H and O–H groups in total. The van der Waals surface area contributed by atoms with Gasteiger partial charge in [-0.1, -0.05) is 57.2 Å². The number of thioether (sulfide) groups is 2. The predicted octanol–water partition coefficient (Wildman–Crippen LogP) is 5.73. The molecule has 2 heteroatoms. The van der Waals surface area contributed by atoms with Crippen molar-refractivity contribution in [3.05, 3.63) is 35.4 Å². The second-order valence-electron chi connectivity index (χ2n) is 4.24. The number of hydrogen-bond acceptors (Lipinski definition) is 2. The van der Waals surface area contributed by atoms with Crippen molar-refractivity contribution < 1.29 is 0 Å². The van der Waals surface area contributed by atoms with Gasteiger partial charge in [0, 0.05) is 12.0 Å². The molecule has 0 aromatic heterocycles. The van der Waals surface area contributed by atoms with Crippen molar-refractivity contribution in [1.29, 1.82) is 0 Å². The first-order valence-electron chi connectivity index (χ1n) is 7.14. The maximum atomic E-state index is 3.37. The van der Waals surface area contributed by atoms with Crippen LogP contribution in [-0.2, 0) is 0 Å². The van der Waals surface area contributed by atoms with Crippen LogP contribution in [0, 0.1) is 11.8 Å². The molecule has 0 spiro atoms. The largest absolute Gasteiger partial charge is 0.143 e. The Bertz CT molecular complexity index is 409. The molecule has 0 aliphatic heterocycles. The summed E-state index contributed by atoms with van der Waals surface area (Å²) in [5.41, 5.74) is 2.61. The van der Waals surface area contributed by atoms with Gasteiger partial charge in [-0.3, -0.25) is 0 Å². The molecule has 0 bridgehead atoms. The van der Waals surface area contributed by atoms with Crippen molar-refractivity contribution >= 4 is 23.5 Å². The lowest BCUT2D eigenvalue weighted by Gasteiger charge is -2.16. The molecule has 0 aliphatic rings. The van der Waals surface area contributed by atoms with Gasteiger partial charge in [0.05, 0.1) is 4.58 Å². The van der Waals surface area contributed by atoms with Crippen LogP contribution in [0.3, 0.4) is 0 Å². The smallest absolute Gasteiger partial charge is 0.0763 e. The van der Waals surface area contributed by atoms with Gasteiger partial charge < -0.3 is 0 Å². The number of benzene rings is 1. The van der Waals surface area contributed by atoms with Crippen LogP contribution in [0.5, 0.6) is 0 Å². The lowest BCUT2D eigenvalue weighted by molar-refractivity contribution is 0.828. The molecule has 0 saturated heterocycles. The summed E-state index contributed by atoms with van der Waals surface area (Å²) in [6, 6.07) is 8.62. The van der Waals surface area contributed by atoms with Gasteiger partial charge in [-0.05, 0) is 29.6 Å². The monoisotopic (exact) mass is 292 g/mol. The Kier molecular flexibility index (Phi) is 8.95. The van der Waals surface area contributed by atoms with E-state index in [1.165, 1.54) is 24.0 Å². The molecule has 0 saturated carbocycles. The zero-order chi connectivity index (χ0) is 13.9. The first kappa shape index (κ1) is 16.5. The molecule has 0 fully saturated rings. The third kappa shape index (κ3) is 5.97. The molecule has 0 amide bonds. The highest BCUT2D eigenvalue weighted by atomic mass is 32.2. The molecule has 19 heavy (non-hydrogen) atoms. The van der Waals surface area contributed by atoms with Gasteiger partial charge in [-0.2, -0.15) is 0 Å². The van der Waals surface area contributed by atoms with E-state index in [9.17, 15) is 0 Å². The topological polar surface area (TPSA) is 0 Å². The average molecular weight is 293 g/mol. The Balaban J connectivity index is 2.88. The van der Waals surface area contributed by atoms with Crippen LogP contribution in [0.2, 0.25) is 0 Å². The molecule has 1 rings (SSSR count). The molecule has 0 nitrogen and oxygen atoms in total. The van der Waals surface area contributed by atoms with Crippen LogP contribution >= 0.6 is 23.5 Å². The van der Waals surface area contributed by atoms with Crippen molar-refractivity contribution in [2.75, 3.05) is 11.5 Å². The van der Waals surface area contributed by atoms with E-state index >= 15 is 0 Å². The Hall–Kier alpha value is -0.520. The van der Waals surface area contributed by atoms with Gasteiger partial charge in [0.1, 0.15) is 0 Å². The van der Waals surface area contributed by atoms with Gasteiger partial charge in [-0.25, -0.2) is 0 Å². The van der Waals surface area contributed by atoms with E-state index in [1.54, 1.807) is 0 Å². The molecule has 0 radical (unpaired) electrons. The lowest BCUT2D eigenvalue weighted by Crippen LogP contribution is -1.95. The number of rotatable bonds is 7. The van der Waals surface area contributed by atoms with Crippen molar-refractivity contribution in [2.24, 2.45) is 0 Å². The minimum atomic E-state index is 0.520. The van der Waals surface area contributed by atoms with Crippen LogP contribution in [0.4, 0.5) is 0 Å². The van der Waals surface area contributed by atoms with Gasteiger partial charge in [-0.15, -0.1) is 23.5 Å². The van der Waals surface area contributed by atoms with Crippen LogP contribution < -0.4 is 0 Å². The molecule has 0 aliphatic carbocycles. The van der Waals surface area contributed by atoms with E-state index in [4.69, 9.17) is 0 Å². The summed E-state index contributed by atoms with van der Waals surface area (Å²) in [7, 11) is 0. The second kappa shape index (κ2) is 10.3. The van der Waals surface area contributed by atoms with Gasteiger partial charge in [0.2, 0.25) is 0 Å². The molecule has 1 aromatic rings. The molecule has 0 heterocycles. The lowest BCUT2D eigenvalue weighted by atomic mass is 10.1. The quantitative estimate of drug-likeness (QED) is 0.357. The SMILES string of the molecule is CCCCC#Cc1ccccc1C(SCC)SCC. The first-order chi connectivity index (χ1) is 9.33. The average Bonchev–Trinajstić information content (AvgIpc) is 2.44. The predicted molar refractivity (Wildman–Crippen MR) is 91.9 cm³/mol. The molecular weight excluding hydrogens is 268 g/mol. The van der Waals surface area contributed by atoms with Gasteiger partial charge in [0.15, 0.2) is 0 Å². The Labute approximate surface area is 127 Å². The summed E-state index contributed by atoms with van der Waals surface area (Å²) in [5, 5.41) is 0. The fraction of sp³-hybridized carbons (Fsp3) is 0.529. The first-order valence-corrected chi connectivity index (χ1v) is 9.24. The number of unbranched alkanes of at least 4 members (excludes halogenated alkanes) is 2. The zero-order valence-corrected chi connectivity index (χ0v) is 13.9. The third-order valence-corrected chi connectivity index (χ3v) is 5.33. The summed E-state index contributed by atoms with van der Waals surface area (Å²) in [6.07, 6.45) is 3.43. The van der Waals surface area contributed by atoms with E-state index in [2.05, 4.69) is 56.9 Å². The highest BCUT2D eigenvalue weighted by Gasteiger charge is 2.13. The van der Waals surface area contributed by atoms with Crippen LogP contribution in [-0.4, -0.2) is 11.5 Å². The number of hydrogen-bond donors (Lipinski definition) is 0. The third-order valence-electron chi connectivity index (χ3n) is 2.73. The molecule has 104 valence electrons. The Morgan fingerprint density at radius 3 is 2.37 bits per heavy atom. The van der Waals surface area contributed by atoms with E-state index in [0.717, 1.165) is 17.9 Å². The summed E-state index contributed by atoms with van der Waals surface area (Å²) in [4.78, 5) is 0. The molecule has 1 aromatic carbocycles. The fourth-order valence-corrected chi connectivity index (χ4v) is 4.35. The minimum Gasteiger partial charge on any atom is -0.143 e. The van der Waals surface area contributed by atoms with E-state index in [1.807, 2.05) is 23.5 Å². The van der Waals surface area contributed by atoms with Crippen molar-refractivity contribution in [3.63, 3.8) is 0 Å². The van der Waals surface area contributed by atoms with Crippen molar-refractivity contribution in [2.45, 2.75) is 44.6 Å². The van der Waals surface area contributed by atoms with E-state index in [0.29, 0.717) is 4.58 Å².